The molecule has 4 nitrogen and oxygen atoms in total. The molecule has 2 aliphatic rings. The van der Waals surface area contributed by atoms with Gasteiger partial charge in [0, 0.05) is 11.6 Å². The van der Waals surface area contributed by atoms with E-state index in [9.17, 15) is 9.90 Å². The Morgan fingerprint density at radius 1 is 1.29 bits per heavy atom. The largest absolute Gasteiger partial charge is 0.468 e. The van der Waals surface area contributed by atoms with Crippen LogP contribution in [0.25, 0.3) is 0 Å². The van der Waals surface area contributed by atoms with E-state index >= 15 is 0 Å². The number of aliphatic hydroxyl groups excluding tert-OH is 1. The van der Waals surface area contributed by atoms with Crippen molar-refractivity contribution in [2.45, 2.75) is 31.2 Å². The maximum absolute atomic E-state index is 12.9. The molecule has 1 aliphatic heterocycles. The number of aliphatic hydroxyl groups is 1. The third-order valence-electron chi connectivity index (χ3n) is 4.38. The number of para-hydroxylation sites is 1. The highest BCUT2D eigenvalue weighted by Gasteiger charge is 2.38. The van der Waals surface area contributed by atoms with E-state index in [0.29, 0.717) is 17.9 Å². The van der Waals surface area contributed by atoms with E-state index in [0.717, 1.165) is 29.9 Å². The van der Waals surface area contributed by atoms with Crippen molar-refractivity contribution in [1.82, 2.24) is 0 Å². The summed E-state index contributed by atoms with van der Waals surface area (Å²) in [5.41, 5.74) is 2.67. The molecule has 1 aromatic heterocycles. The first-order valence-corrected chi connectivity index (χ1v) is 7.39. The first-order chi connectivity index (χ1) is 10.3. The third-order valence-corrected chi connectivity index (χ3v) is 4.38. The number of carbonyl (C=O) groups excluding carboxylic acids is 1. The minimum absolute atomic E-state index is 0.0307. The first-order valence-electron chi connectivity index (χ1n) is 7.39. The van der Waals surface area contributed by atoms with Crippen LogP contribution in [0.5, 0.6) is 0 Å². The first kappa shape index (κ1) is 12.7. The van der Waals surface area contributed by atoms with Crippen molar-refractivity contribution in [2.24, 2.45) is 0 Å². The van der Waals surface area contributed by atoms with Gasteiger partial charge in [0.05, 0.1) is 24.5 Å². The normalized spacial score (nSPS) is 20.6. The second-order valence-electron chi connectivity index (χ2n) is 5.82. The second-order valence-corrected chi connectivity index (χ2v) is 5.82. The fourth-order valence-electron chi connectivity index (χ4n) is 3.17. The summed E-state index contributed by atoms with van der Waals surface area (Å²) in [5, 5.41) is 9.63. The molecule has 1 unspecified atom stereocenters. The SMILES string of the molecule is O=C(c1ccoc1C1CC1)N1c2ccccc2CC1CO. The number of fused-ring (bicyclic) bond motifs is 1. The predicted octanol–water partition coefficient (Wildman–Crippen LogP) is 2.72. The van der Waals surface area contributed by atoms with Crippen molar-refractivity contribution in [3.63, 3.8) is 0 Å². The Kier molecular flexibility index (Phi) is 2.86. The highest BCUT2D eigenvalue weighted by atomic mass is 16.3. The zero-order chi connectivity index (χ0) is 14.4. The summed E-state index contributed by atoms with van der Waals surface area (Å²) in [5.74, 6) is 1.14. The molecule has 0 radical (unpaired) electrons. The molecule has 2 heterocycles. The lowest BCUT2D eigenvalue weighted by molar-refractivity contribution is 0.0966. The predicted molar refractivity (Wildman–Crippen MR) is 78.5 cm³/mol. The summed E-state index contributed by atoms with van der Waals surface area (Å²) in [6.07, 6.45) is 4.48. The number of furan rings is 1. The highest BCUT2D eigenvalue weighted by molar-refractivity contribution is 6.08. The van der Waals surface area contributed by atoms with Crippen LogP contribution in [0.3, 0.4) is 0 Å². The van der Waals surface area contributed by atoms with Crippen molar-refractivity contribution in [3.05, 3.63) is 53.5 Å². The number of nitrogens with zero attached hydrogens (tertiary/aromatic N) is 1. The molecule has 0 spiro atoms. The number of carbonyl (C=O) groups is 1. The fraction of sp³-hybridized carbons (Fsp3) is 0.353. The number of anilines is 1. The van der Waals surface area contributed by atoms with E-state index < -0.39 is 0 Å². The minimum atomic E-state index is -0.183. The monoisotopic (exact) mass is 283 g/mol. The van der Waals surface area contributed by atoms with Crippen LogP contribution in [-0.4, -0.2) is 23.7 Å². The van der Waals surface area contributed by atoms with Gasteiger partial charge in [0.1, 0.15) is 5.76 Å². The van der Waals surface area contributed by atoms with E-state index in [1.54, 1.807) is 17.2 Å². The number of hydrogen-bond donors (Lipinski definition) is 1. The van der Waals surface area contributed by atoms with E-state index in [1.165, 1.54) is 0 Å². The van der Waals surface area contributed by atoms with Crippen LogP contribution in [0.1, 0.15) is 40.4 Å². The molecule has 1 aromatic carbocycles. The van der Waals surface area contributed by atoms with E-state index in [4.69, 9.17) is 4.42 Å². The molecule has 108 valence electrons. The number of amides is 1. The molecule has 0 saturated heterocycles. The maximum Gasteiger partial charge on any atom is 0.262 e. The Balaban J connectivity index is 1.73. The fourth-order valence-corrected chi connectivity index (χ4v) is 3.17. The average Bonchev–Trinajstić information content (AvgIpc) is 3.12. The minimum Gasteiger partial charge on any atom is -0.468 e. The highest BCUT2D eigenvalue weighted by Crippen LogP contribution is 2.43. The van der Waals surface area contributed by atoms with Crippen LogP contribution in [0, 0.1) is 0 Å². The molecule has 2 aromatic rings. The number of rotatable bonds is 3. The summed E-state index contributed by atoms with van der Waals surface area (Å²) < 4.78 is 5.52. The molecule has 0 bridgehead atoms. The zero-order valence-corrected chi connectivity index (χ0v) is 11.7. The Morgan fingerprint density at radius 3 is 2.86 bits per heavy atom. The lowest BCUT2D eigenvalue weighted by Crippen LogP contribution is -2.40. The molecular weight excluding hydrogens is 266 g/mol. The van der Waals surface area contributed by atoms with Crippen molar-refractivity contribution < 1.29 is 14.3 Å². The average molecular weight is 283 g/mol. The van der Waals surface area contributed by atoms with E-state index in [2.05, 4.69) is 0 Å². The van der Waals surface area contributed by atoms with Crippen LogP contribution >= 0.6 is 0 Å². The summed E-state index contributed by atoms with van der Waals surface area (Å²) in [6.45, 7) is -0.0307. The molecule has 1 atom stereocenters. The van der Waals surface area contributed by atoms with Crippen molar-refractivity contribution in [1.29, 1.82) is 0 Å². The van der Waals surface area contributed by atoms with Gasteiger partial charge in [0.25, 0.3) is 5.91 Å². The van der Waals surface area contributed by atoms with Gasteiger partial charge in [0.15, 0.2) is 0 Å². The number of benzene rings is 1. The van der Waals surface area contributed by atoms with Crippen molar-refractivity contribution >= 4 is 11.6 Å². The maximum atomic E-state index is 12.9. The van der Waals surface area contributed by atoms with Gasteiger partial charge in [-0.3, -0.25) is 4.79 Å². The Bertz CT molecular complexity index is 687. The summed E-state index contributed by atoms with van der Waals surface area (Å²) in [4.78, 5) is 14.7. The zero-order valence-electron chi connectivity index (χ0n) is 11.7. The Hall–Kier alpha value is -2.07. The van der Waals surface area contributed by atoms with Crippen molar-refractivity contribution in [2.75, 3.05) is 11.5 Å². The third kappa shape index (κ3) is 1.98. The van der Waals surface area contributed by atoms with Crippen LogP contribution in [0.15, 0.2) is 41.0 Å². The lowest BCUT2D eigenvalue weighted by atomic mass is 10.1. The van der Waals surface area contributed by atoms with Crippen LogP contribution < -0.4 is 4.90 Å². The second kappa shape index (κ2) is 4.74. The van der Waals surface area contributed by atoms with Gasteiger partial charge in [0.2, 0.25) is 0 Å². The molecule has 1 aliphatic carbocycles. The Labute approximate surface area is 123 Å². The molecule has 1 fully saturated rings. The smallest absolute Gasteiger partial charge is 0.262 e. The van der Waals surface area contributed by atoms with Gasteiger partial charge in [-0.1, -0.05) is 18.2 Å². The Morgan fingerprint density at radius 2 is 2.10 bits per heavy atom. The summed E-state index contributed by atoms with van der Waals surface area (Å²) in [6, 6.07) is 9.43. The van der Waals surface area contributed by atoms with Gasteiger partial charge in [-0.05, 0) is 37.0 Å². The van der Waals surface area contributed by atoms with Gasteiger partial charge in [-0.2, -0.15) is 0 Å². The van der Waals surface area contributed by atoms with Crippen LogP contribution in [-0.2, 0) is 6.42 Å². The molecule has 4 rings (SSSR count). The summed E-state index contributed by atoms with van der Waals surface area (Å²) in [7, 11) is 0. The molecule has 4 heteroatoms. The van der Waals surface area contributed by atoms with Gasteiger partial charge in [-0.25, -0.2) is 0 Å². The van der Waals surface area contributed by atoms with Crippen LogP contribution in [0.4, 0.5) is 5.69 Å². The quantitative estimate of drug-likeness (QED) is 0.942. The molecule has 1 saturated carbocycles. The van der Waals surface area contributed by atoms with Gasteiger partial charge >= 0.3 is 0 Å². The van der Waals surface area contributed by atoms with E-state index in [-0.39, 0.29) is 18.6 Å². The molecule has 21 heavy (non-hydrogen) atoms. The number of hydrogen-bond acceptors (Lipinski definition) is 3. The topological polar surface area (TPSA) is 53.7 Å². The van der Waals surface area contributed by atoms with Crippen molar-refractivity contribution in [3.8, 4) is 0 Å². The lowest BCUT2D eigenvalue weighted by Gasteiger charge is -2.24. The summed E-state index contributed by atoms with van der Waals surface area (Å²) >= 11 is 0. The van der Waals surface area contributed by atoms with Gasteiger partial charge in [-0.15, -0.1) is 0 Å². The standard InChI is InChI=1S/C17H17NO3/c19-10-13-9-12-3-1-2-4-15(12)18(13)17(20)14-7-8-21-16(14)11-5-6-11/h1-4,7-8,11,13,19H,5-6,9-10H2. The molecule has 1 amide bonds. The molecular formula is C17H17NO3. The van der Waals surface area contributed by atoms with E-state index in [1.807, 2.05) is 24.3 Å². The molecule has 1 N–H and O–H groups in total. The van der Waals surface area contributed by atoms with Gasteiger partial charge < -0.3 is 14.4 Å². The van der Waals surface area contributed by atoms with Crippen LogP contribution in [0.2, 0.25) is 0 Å².